The highest BCUT2D eigenvalue weighted by Gasteiger charge is 2.43. The minimum atomic E-state index is -0.209. The molecule has 3 aliphatic rings. The summed E-state index contributed by atoms with van der Waals surface area (Å²) in [4.78, 5) is 17.0. The highest BCUT2D eigenvalue weighted by molar-refractivity contribution is 5.81. The van der Waals surface area contributed by atoms with Gasteiger partial charge in [-0.2, -0.15) is 0 Å². The molecule has 3 heterocycles. The van der Waals surface area contributed by atoms with Crippen molar-refractivity contribution in [2.45, 2.75) is 44.4 Å². The van der Waals surface area contributed by atoms with Crippen molar-refractivity contribution < 1.29 is 14.3 Å². The van der Waals surface area contributed by atoms with Gasteiger partial charge in [-0.3, -0.25) is 9.69 Å². The Balaban J connectivity index is 1.36. The van der Waals surface area contributed by atoms with Crippen LogP contribution in [0.15, 0.2) is 24.3 Å². The zero-order valence-electron chi connectivity index (χ0n) is 15.0. The topological polar surface area (TPSA) is 42.0 Å². The average molecular weight is 344 g/mol. The van der Waals surface area contributed by atoms with E-state index < -0.39 is 0 Å². The first-order chi connectivity index (χ1) is 12.2. The quantitative estimate of drug-likeness (QED) is 0.840. The Bertz CT molecular complexity index is 615. The molecule has 1 amide bonds. The number of hydrogen-bond donors (Lipinski definition) is 0. The highest BCUT2D eigenvalue weighted by Crippen LogP contribution is 2.35. The van der Waals surface area contributed by atoms with Crippen LogP contribution in [0.4, 0.5) is 0 Å². The lowest BCUT2D eigenvalue weighted by Gasteiger charge is -2.34. The third kappa shape index (κ3) is 3.53. The average Bonchev–Trinajstić information content (AvgIpc) is 3.31. The molecular weight excluding hydrogens is 316 g/mol. The number of benzene rings is 1. The van der Waals surface area contributed by atoms with E-state index >= 15 is 0 Å². The Morgan fingerprint density at radius 3 is 2.84 bits per heavy atom. The van der Waals surface area contributed by atoms with Crippen molar-refractivity contribution in [3.63, 3.8) is 0 Å². The second kappa shape index (κ2) is 7.34. The summed E-state index contributed by atoms with van der Waals surface area (Å²) < 4.78 is 11.7. The van der Waals surface area contributed by atoms with E-state index in [-0.39, 0.29) is 18.1 Å². The van der Waals surface area contributed by atoms with Crippen LogP contribution in [0.5, 0.6) is 5.75 Å². The number of amides is 1. The van der Waals surface area contributed by atoms with E-state index in [1.54, 1.807) is 7.11 Å². The van der Waals surface area contributed by atoms with Gasteiger partial charge in [-0.15, -0.1) is 0 Å². The molecule has 136 valence electrons. The van der Waals surface area contributed by atoms with Gasteiger partial charge in [0, 0.05) is 31.7 Å². The van der Waals surface area contributed by atoms with Crippen molar-refractivity contribution in [3.8, 4) is 5.75 Å². The largest absolute Gasteiger partial charge is 0.496 e. The first-order valence-electron chi connectivity index (χ1n) is 9.53. The number of nitrogens with zero attached hydrogens (tertiary/aromatic N) is 2. The maximum absolute atomic E-state index is 12.6. The highest BCUT2D eigenvalue weighted by atomic mass is 16.5. The van der Waals surface area contributed by atoms with Crippen molar-refractivity contribution in [2.75, 3.05) is 33.3 Å². The fourth-order valence-corrected chi connectivity index (χ4v) is 4.51. The van der Waals surface area contributed by atoms with Gasteiger partial charge in [0.1, 0.15) is 11.9 Å². The van der Waals surface area contributed by atoms with Gasteiger partial charge in [-0.25, -0.2) is 0 Å². The summed E-state index contributed by atoms with van der Waals surface area (Å²) in [5, 5.41) is 0. The van der Waals surface area contributed by atoms with E-state index in [4.69, 9.17) is 9.47 Å². The van der Waals surface area contributed by atoms with E-state index in [0.717, 1.165) is 64.2 Å². The second-order valence-electron chi connectivity index (χ2n) is 7.53. The van der Waals surface area contributed by atoms with Gasteiger partial charge in [0.05, 0.1) is 13.2 Å². The predicted molar refractivity (Wildman–Crippen MR) is 95.5 cm³/mol. The molecule has 25 heavy (non-hydrogen) atoms. The van der Waals surface area contributed by atoms with Crippen molar-refractivity contribution in [1.29, 1.82) is 0 Å². The zero-order chi connectivity index (χ0) is 17.2. The van der Waals surface area contributed by atoms with Crippen LogP contribution in [0, 0.1) is 5.92 Å². The van der Waals surface area contributed by atoms with Gasteiger partial charge < -0.3 is 14.4 Å². The molecule has 3 fully saturated rings. The van der Waals surface area contributed by atoms with Gasteiger partial charge in [0.15, 0.2) is 0 Å². The number of rotatable bonds is 4. The lowest BCUT2D eigenvalue weighted by Crippen LogP contribution is -2.42. The summed E-state index contributed by atoms with van der Waals surface area (Å²) in [7, 11) is 1.72. The first kappa shape index (κ1) is 16.9. The molecule has 0 unspecified atom stereocenters. The third-order valence-corrected chi connectivity index (χ3v) is 5.92. The predicted octanol–water partition coefficient (Wildman–Crippen LogP) is 2.30. The Kier molecular flexibility index (Phi) is 4.95. The van der Waals surface area contributed by atoms with Gasteiger partial charge in [0.2, 0.25) is 0 Å². The van der Waals surface area contributed by atoms with Crippen molar-refractivity contribution >= 4 is 5.91 Å². The molecular formula is C20H28N2O3. The minimum Gasteiger partial charge on any atom is -0.496 e. The fraction of sp³-hybridized carbons (Fsp3) is 0.650. The molecule has 0 saturated carbocycles. The molecule has 3 atom stereocenters. The Morgan fingerprint density at radius 2 is 2.04 bits per heavy atom. The number of para-hydroxylation sites is 1. The molecule has 0 radical (unpaired) electrons. The summed E-state index contributed by atoms with van der Waals surface area (Å²) in [6.45, 7) is 4.67. The lowest BCUT2D eigenvalue weighted by molar-refractivity contribution is -0.142. The molecule has 3 saturated heterocycles. The summed E-state index contributed by atoms with van der Waals surface area (Å²) >= 11 is 0. The standard InChI is InChI=1S/C20H28N2O3/c1-24-17-7-3-2-6-16(17)13-21-11-8-15-12-18(25-19(15)14-21)20(23)22-9-4-5-10-22/h2-3,6-7,15,18-19H,4-5,8-14H2,1H3/t15-,18+,19+/m0/s1. The molecule has 3 aliphatic heterocycles. The maximum Gasteiger partial charge on any atom is 0.251 e. The number of piperidine rings is 1. The van der Waals surface area contributed by atoms with Gasteiger partial charge in [-0.1, -0.05) is 18.2 Å². The Labute approximate surface area is 149 Å². The number of methoxy groups -OCH3 is 1. The Morgan fingerprint density at radius 1 is 1.24 bits per heavy atom. The van der Waals surface area contributed by atoms with Crippen LogP contribution in [0.25, 0.3) is 0 Å². The first-order valence-corrected chi connectivity index (χ1v) is 9.53. The van der Waals surface area contributed by atoms with Crippen LogP contribution in [0.1, 0.15) is 31.2 Å². The van der Waals surface area contributed by atoms with Gasteiger partial charge >= 0.3 is 0 Å². The van der Waals surface area contributed by atoms with Crippen LogP contribution >= 0.6 is 0 Å². The number of carbonyl (C=O) groups excluding carboxylic acids is 1. The maximum atomic E-state index is 12.6. The van der Waals surface area contributed by atoms with E-state index in [0.29, 0.717) is 5.92 Å². The number of fused-ring (bicyclic) bond motifs is 1. The monoisotopic (exact) mass is 344 g/mol. The number of ether oxygens (including phenoxy) is 2. The molecule has 0 aromatic heterocycles. The van der Waals surface area contributed by atoms with Gasteiger partial charge in [-0.05, 0) is 44.2 Å². The molecule has 5 nitrogen and oxygen atoms in total. The summed E-state index contributed by atoms with van der Waals surface area (Å²) in [5.41, 5.74) is 1.21. The molecule has 1 aromatic carbocycles. The van der Waals surface area contributed by atoms with Crippen LogP contribution in [-0.4, -0.2) is 61.2 Å². The molecule has 0 bridgehead atoms. The summed E-state index contributed by atoms with van der Waals surface area (Å²) in [6.07, 6.45) is 4.28. The summed E-state index contributed by atoms with van der Waals surface area (Å²) in [5.74, 6) is 1.70. The van der Waals surface area contributed by atoms with E-state index in [9.17, 15) is 4.79 Å². The fourth-order valence-electron chi connectivity index (χ4n) is 4.51. The minimum absolute atomic E-state index is 0.194. The van der Waals surface area contributed by atoms with E-state index in [1.165, 1.54) is 5.56 Å². The Hall–Kier alpha value is -1.59. The van der Waals surface area contributed by atoms with Crippen LogP contribution in [0.2, 0.25) is 0 Å². The molecule has 5 heteroatoms. The van der Waals surface area contributed by atoms with E-state index in [1.807, 2.05) is 17.0 Å². The SMILES string of the molecule is COc1ccccc1CN1CC[C@H]2C[C@H](C(=O)N3CCCC3)O[C@@H]2C1. The number of likely N-dealkylation sites (tertiary alicyclic amines) is 2. The summed E-state index contributed by atoms with van der Waals surface area (Å²) in [6, 6.07) is 8.20. The third-order valence-electron chi connectivity index (χ3n) is 5.92. The van der Waals surface area contributed by atoms with Crippen LogP contribution in [0.3, 0.4) is 0 Å². The molecule has 0 N–H and O–H groups in total. The molecule has 4 rings (SSSR count). The van der Waals surface area contributed by atoms with Crippen molar-refractivity contribution in [2.24, 2.45) is 5.92 Å². The lowest BCUT2D eigenvalue weighted by atomic mass is 9.91. The molecule has 0 spiro atoms. The van der Waals surface area contributed by atoms with E-state index in [2.05, 4.69) is 17.0 Å². The van der Waals surface area contributed by atoms with Crippen LogP contribution < -0.4 is 4.74 Å². The van der Waals surface area contributed by atoms with Crippen LogP contribution in [-0.2, 0) is 16.1 Å². The van der Waals surface area contributed by atoms with Gasteiger partial charge in [0.25, 0.3) is 5.91 Å². The normalized spacial score (nSPS) is 29.6. The van der Waals surface area contributed by atoms with Crippen molar-refractivity contribution in [3.05, 3.63) is 29.8 Å². The molecule has 0 aliphatic carbocycles. The number of carbonyl (C=O) groups is 1. The zero-order valence-corrected chi connectivity index (χ0v) is 15.0. The number of hydrogen-bond acceptors (Lipinski definition) is 4. The molecule has 1 aromatic rings. The second-order valence-corrected chi connectivity index (χ2v) is 7.53. The van der Waals surface area contributed by atoms with Crippen molar-refractivity contribution in [1.82, 2.24) is 9.80 Å². The smallest absolute Gasteiger partial charge is 0.251 e.